The van der Waals surface area contributed by atoms with Gasteiger partial charge in [-0.25, -0.2) is 9.97 Å². The van der Waals surface area contributed by atoms with E-state index < -0.39 is 0 Å². The number of rotatable bonds is 7. The largest absolute Gasteiger partial charge is 0.350 e. The molecule has 3 aromatic heterocycles. The summed E-state index contributed by atoms with van der Waals surface area (Å²) in [6, 6.07) is 16.0. The lowest BCUT2D eigenvalue weighted by Crippen LogP contribution is -2.05. The first-order valence-corrected chi connectivity index (χ1v) is 10.9. The summed E-state index contributed by atoms with van der Waals surface area (Å²) >= 11 is 0. The number of anilines is 1. The predicted octanol–water partition coefficient (Wildman–Crippen LogP) is 6.11. The molecule has 1 aromatic carbocycles. The van der Waals surface area contributed by atoms with Gasteiger partial charge in [-0.3, -0.25) is 9.97 Å². The standard InChI is InChI=1S/C28H24N6/c1-4-6-23(13-19(2)3)27-24(16-29)14-20(17-32-27)18-33-28-31-12-10-26(34-28)22-8-9-25-21(15-22)7-5-11-30-25/h4-15,17H,2,18H2,1,3H3,(H,31,33,34)/b6-4-,23-13+. The molecule has 0 bridgehead atoms. The number of aromatic nitrogens is 4. The molecule has 0 amide bonds. The molecule has 0 radical (unpaired) electrons. The number of fused-ring (bicyclic) bond motifs is 1. The van der Waals surface area contributed by atoms with Gasteiger partial charge in [0.25, 0.3) is 0 Å². The minimum absolute atomic E-state index is 0.441. The molecule has 1 N–H and O–H groups in total. The van der Waals surface area contributed by atoms with Crippen LogP contribution in [0, 0.1) is 11.3 Å². The summed E-state index contributed by atoms with van der Waals surface area (Å²) in [6.45, 7) is 8.22. The zero-order valence-corrected chi connectivity index (χ0v) is 19.2. The number of nitriles is 1. The predicted molar refractivity (Wildman–Crippen MR) is 137 cm³/mol. The topological polar surface area (TPSA) is 87.4 Å². The van der Waals surface area contributed by atoms with Crippen LogP contribution in [0.5, 0.6) is 0 Å². The van der Waals surface area contributed by atoms with Crippen molar-refractivity contribution in [3.05, 3.63) is 108 Å². The quantitative estimate of drug-likeness (QED) is 0.346. The maximum Gasteiger partial charge on any atom is 0.223 e. The molecule has 0 fully saturated rings. The van der Waals surface area contributed by atoms with Gasteiger partial charge in [0.2, 0.25) is 5.95 Å². The highest BCUT2D eigenvalue weighted by Crippen LogP contribution is 2.23. The van der Waals surface area contributed by atoms with Crippen molar-refractivity contribution in [2.45, 2.75) is 20.4 Å². The van der Waals surface area contributed by atoms with Crippen LogP contribution in [-0.4, -0.2) is 19.9 Å². The van der Waals surface area contributed by atoms with Gasteiger partial charge in [-0.05, 0) is 49.7 Å². The second kappa shape index (κ2) is 10.3. The van der Waals surface area contributed by atoms with Crippen molar-refractivity contribution in [1.82, 2.24) is 19.9 Å². The van der Waals surface area contributed by atoms with Gasteiger partial charge in [0.05, 0.1) is 22.5 Å². The summed E-state index contributed by atoms with van der Waals surface area (Å²) in [5, 5.41) is 14.0. The lowest BCUT2D eigenvalue weighted by Gasteiger charge is -2.10. The third-order valence-corrected chi connectivity index (χ3v) is 5.09. The monoisotopic (exact) mass is 444 g/mol. The maximum absolute atomic E-state index is 9.70. The van der Waals surface area contributed by atoms with Crippen LogP contribution in [0.1, 0.15) is 30.7 Å². The summed E-state index contributed by atoms with van der Waals surface area (Å²) in [7, 11) is 0. The Morgan fingerprint density at radius 1 is 1.12 bits per heavy atom. The highest BCUT2D eigenvalue weighted by molar-refractivity contribution is 5.83. The third kappa shape index (κ3) is 5.22. The summed E-state index contributed by atoms with van der Waals surface area (Å²) < 4.78 is 0. The first kappa shape index (κ1) is 22.6. The van der Waals surface area contributed by atoms with Crippen molar-refractivity contribution in [2.24, 2.45) is 0 Å². The third-order valence-electron chi connectivity index (χ3n) is 5.09. The fraction of sp³-hybridized carbons (Fsp3) is 0.107. The lowest BCUT2D eigenvalue weighted by molar-refractivity contribution is 1.04. The Balaban J connectivity index is 1.54. The molecule has 4 rings (SSSR count). The molecule has 34 heavy (non-hydrogen) atoms. The molecule has 6 heteroatoms. The SMILES string of the molecule is C=C(C)/C=C(\C=C/C)c1ncc(CNc2nccc(-c3ccc4ncccc4c3)n2)cc1C#N. The molecule has 0 saturated carbocycles. The summed E-state index contributed by atoms with van der Waals surface area (Å²) in [4.78, 5) is 17.9. The summed E-state index contributed by atoms with van der Waals surface area (Å²) in [5.41, 5.74) is 6.50. The van der Waals surface area contributed by atoms with Gasteiger partial charge in [0, 0.05) is 41.7 Å². The molecule has 0 aliphatic heterocycles. The fourth-order valence-electron chi connectivity index (χ4n) is 3.58. The van der Waals surface area contributed by atoms with Crippen LogP contribution in [0.4, 0.5) is 5.95 Å². The van der Waals surface area contributed by atoms with Gasteiger partial charge < -0.3 is 5.32 Å². The van der Waals surface area contributed by atoms with E-state index in [1.807, 2.05) is 68.5 Å². The van der Waals surface area contributed by atoms with Crippen LogP contribution in [0.2, 0.25) is 0 Å². The van der Waals surface area contributed by atoms with E-state index in [4.69, 9.17) is 0 Å². The second-order valence-corrected chi connectivity index (χ2v) is 7.83. The highest BCUT2D eigenvalue weighted by atomic mass is 15.1. The molecule has 0 aliphatic rings. The number of pyridine rings is 2. The first-order valence-electron chi connectivity index (χ1n) is 10.9. The Bertz CT molecular complexity index is 1460. The Morgan fingerprint density at radius 3 is 2.79 bits per heavy atom. The van der Waals surface area contributed by atoms with Gasteiger partial charge in [-0.2, -0.15) is 5.26 Å². The van der Waals surface area contributed by atoms with E-state index in [1.165, 1.54) is 0 Å². The zero-order chi connectivity index (χ0) is 23.9. The molecular formula is C28H24N6. The maximum atomic E-state index is 9.70. The van der Waals surface area contributed by atoms with Gasteiger partial charge in [0.15, 0.2) is 0 Å². The minimum atomic E-state index is 0.441. The van der Waals surface area contributed by atoms with Crippen molar-refractivity contribution in [1.29, 1.82) is 5.26 Å². The molecule has 0 unspecified atom stereocenters. The van der Waals surface area contributed by atoms with Gasteiger partial charge in [-0.1, -0.05) is 42.5 Å². The number of nitrogens with zero attached hydrogens (tertiary/aromatic N) is 5. The normalized spacial score (nSPS) is 11.5. The molecule has 166 valence electrons. The Hall–Kier alpha value is -4.63. The molecule has 0 aliphatic carbocycles. The van der Waals surface area contributed by atoms with Crippen LogP contribution in [0.25, 0.3) is 27.7 Å². The van der Waals surface area contributed by atoms with Crippen LogP contribution < -0.4 is 5.32 Å². The lowest BCUT2D eigenvalue weighted by atomic mass is 10.0. The Kier molecular flexibility index (Phi) is 6.85. The van der Waals surface area contributed by atoms with Crippen LogP contribution in [-0.2, 0) is 6.54 Å². The average Bonchev–Trinajstić information content (AvgIpc) is 2.86. The number of allylic oxidation sites excluding steroid dienone is 5. The first-order chi connectivity index (χ1) is 16.6. The Morgan fingerprint density at radius 2 is 2.00 bits per heavy atom. The molecule has 0 saturated heterocycles. The number of nitrogens with one attached hydrogen (secondary N) is 1. The zero-order valence-electron chi connectivity index (χ0n) is 19.2. The minimum Gasteiger partial charge on any atom is -0.350 e. The summed E-state index contributed by atoms with van der Waals surface area (Å²) in [5.74, 6) is 0.503. The number of hydrogen-bond donors (Lipinski definition) is 1. The molecule has 6 nitrogen and oxygen atoms in total. The van der Waals surface area contributed by atoms with Crippen molar-refractivity contribution in [3.63, 3.8) is 0 Å². The molecule has 0 atom stereocenters. The molecule has 4 aromatic rings. The van der Waals surface area contributed by atoms with Gasteiger partial charge >= 0.3 is 0 Å². The second-order valence-electron chi connectivity index (χ2n) is 7.83. The Labute approximate surface area is 199 Å². The van der Waals surface area contributed by atoms with E-state index in [-0.39, 0.29) is 0 Å². The number of benzene rings is 1. The van der Waals surface area contributed by atoms with Crippen LogP contribution >= 0.6 is 0 Å². The smallest absolute Gasteiger partial charge is 0.223 e. The molecule has 0 spiro atoms. The van der Waals surface area contributed by atoms with Crippen LogP contribution in [0.3, 0.4) is 0 Å². The van der Waals surface area contributed by atoms with Crippen molar-refractivity contribution >= 4 is 22.4 Å². The van der Waals surface area contributed by atoms with E-state index in [2.05, 4.69) is 44.0 Å². The van der Waals surface area contributed by atoms with E-state index >= 15 is 0 Å². The van der Waals surface area contributed by atoms with E-state index in [1.54, 1.807) is 18.6 Å². The van der Waals surface area contributed by atoms with Gasteiger partial charge in [-0.15, -0.1) is 0 Å². The highest BCUT2D eigenvalue weighted by Gasteiger charge is 2.10. The van der Waals surface area contributed by atoms with Crippen molar-refractivity contribution in [3.8, 4) is 17.3 Å². The number of hydrogen-bond acceptors (Lipinski definition) is 6. The summed E-state index contributed by atoms with van der Waals surface area (Å²) in [6.07, 6.45) is 11.0. The molecule has 3 heterocycles. The fourth-order valence-corrected chi connectivity index (χ4v) is 3.58. The van der Waals surface area contributed by atoms with Gasteiger partial charge in [0.1, 0.15) is 6.07 Å². The van der Waals surface area contributed by atoms with E-state index in [9.17, 15) is 5.26 Å². The van der Waals surface area contributed by atoms with Crippen molar-refractivity contribution < 1.29 is 0 Å². The average molecular weight is 445 g/mol. The van der Waals surface area contributed by atoms with Crippen LogP contribution in [0.15, 0.2) is 91.4 Å². The van der Waals surface area contributed by atoms with E-state index in [0.29, 0.717) is 23.8 Å². The molecular weight excluding hydrogens is 420 g/mol. The van der Waals surface area contributed by atoms with Crippen molar-refractivity contribution in [2.75, 3.05) is 5.32 Å². The van der Waals surface area contributed by atoms with E-state index in [0.717, 1.165) is 38.9 Å².